The van der Waals surface area contributed by atoms with Gasteiger partial charge in [0.2, 0.25) is 0 Å². The summed E-state index contributed by atoms with van der Waals surface area (Å²) < 4.78 is 6.53. The average molecular weight is 357 g/mol. The number of halogens is 1. The summed E-state index contributed by atoms with van der Waals surface area (Å²) in [6.45, 7) is 3.22. The van der Waals surface area contributed by atoms with Crippen molar-refractivity contribution in [2.24, 2.45) is 0 Å². The fourth-order valence-corrected chi connectivity index (χ4v) is 2.63. The van der Waals surface area contributed by atoms with Crippen molar-refractivity contribution in [3.05, 3.63) is 28.2 Å². The van der Waals surface area contributed by atoms with Gasteiger partial charge in [-0.25, -0.2) is 0 Å². The van der Waals surface area contributed by atoms with Crippen molar-refractivity contribution >= 4 is 21.8 Å². The number of phenols is 1. The smallest absolute Gasteiger partial charge is 0.255 e. The molecule has 0 unspecified atom stereocenters. The number of benzene rings is 1. The van der Waals surface area contributed by atoms with E-state index in [4.69, 9.17) is 4.74 Å². The summed E-state index contributed by atoms with van der Waals surface area (Å²) in [4.78, 5) is 11.9. The summed E-state index contributed by atoms with van der Waals surface area (Å²) >= 11 is 3.29. The van der Waals surface area contributed by atoms with Gasteiger partial charge in [0.05, 0.1) is 11.7 Å². The van der Waals surface area contributed by atoms with Crippen LogP contribution in [0.25, 0.3) is 0 Å². The molecule has 1 aliphatic heterocycles. The highest BCUT2D eigenvalue weighted by molar-refractivity contribution is 9.10. The molecule has 0 bridgehead atoms. The molecule has 1 heterocycles. The topological polar surface area (TPSA) is 70.6 Å². The predicted molar refractivity (Wildman–Crippen MR) is 84.6 cm³/mol. The second-order valence-corrected chi connectivity index (χ2v) is 6.01. The zero-order valence-electron chi connectivity index (χ0n) is 11.9. The highest BCUT2D eigenvalue weighted by Gasteiger charge is 2.13. The molecular weight excluding hydrogens is 336 g/mol. The molecule has 5 nitrogen and oxygen atoms in total. The van der Waals surface area contributed by atoms with E-state index in [0.717, 1.165) is 36.8 Å². The van der Waals surface area contributed by atoms with Gasteiger partial charge in [-0.05, 0) is 50.6 Å². The Morgan fingerprint density at radius 2 is 2.19 bits per heavy atom. The fourth-order valence-electron chi connectivity index (χ4n) is 2.27. The van der Waals surface area contributed by atoms with Crippen molar-refractivity contribution in [2.45, 2.75) is 25.4 Å². The molecule has 0 aliphatic carbocycles. The number of amides is 1. The number of piperidine rings is 1. The highest BCUT2D eigenvalue weighted by atomic mass is 79.9. The Kier molecular flexibility index (Phi) is 6.48. The normalized spacial score (nSPS) is 15.9. The third-order valence-electron chi connectivity index (χ3n) is 3.45. The number of ether oxygens (including phenoxy) is 1. The van der Waals surface area contributed by atoms with Crippen LogP contribution in [-0.4, -0.2) is 43.4 Å². The number of phenolic OH excluding ortho intramolecular Hbond substituents is 1. The Morgan fingerprint density at radius 3 is 2.95 bits per heavy atom. The van der Waals surface area contributed by atoms with E-state index in [1.54, 1.807) is 12.1 Å². The number of aromatic hydroxyl groups is 1. The van der Waals surface area contributed by atoms with Crippen LogP contribution in [0.2, 0.25) is 0 Å². The Balaban J connectivity index is 1.66. The van der Waals surface area contributed by atoms with Crippen LogP contribution in [-0.2, 0) is 4.74 Å². The van der Waals surface area contributed by atoms with Gasteiger partial charge in [-0.2, -0.15) is 0 Å². The van der Waals surface area contributed by atoms with Crippen molar-refractivity contribution in [3.8, 4) is 5.75 Å². The first-order valence-electron chi connectivity index (χ1n) is 7.26. The van der Waals surface area contributed by atoms with Crippen molar-refractivity contribution < 1.29 is 14.6 Å². The minimum Gasteiger partial charge on any atom is -0.507 e. The molecule has 0 atom stereocenters. The lowest BCUT2D eigenvalue weighted by atomic mass is 10.1. The molecule has 1 aromatic carbocycles. The second kappa shape index (κ2) is 8.36. The molecule has 0 saturated carbocycles. The minimum atomic E-state index is -0.268. The molecule has 0 radical (unpaired) electrons. The zero-order chi connectivity index (χ0) is 15.1. The quantitative estimate of drug-likeness (QED) is 0.682. The van der Waals surface area contributed by atoms with Crippen LogP contribution in [0.15, 0.2) is 22.7 Å². The summed E-state index contributed by atoms with van der Waals surface area (Å²) in [6.07, 6.45) is 3.22. The van der Waals surface area contributed by atoms with Gasteiger partial charge >= 0.3 is 0 Å². The molecule has 1 saturated heterocycles. The summed E-state index contributed by atoms with van der Waals surface area (Å²) in [7, 11) is 0. The number of hydrogen-bond acceptors (Lipinski definition) is 4. The van der Waals surface area contributed by atoms with Crippen LogP contribution in [0.5, 0.6) is 5.75 Å². The third-order valence-corrected chi connectivity index (χ3v) is 3.94. The largest absolute Gasteiger partial charge is 0.507 e. The van der Waals surface area contributed by atoms with Crippen molar-refractivity contribution in [1.82, 2.24) is 10.6 Å². The van der Waals surface area contributed by atoms with E-state index in [0.29, 0.717) is 19.3 Å². The van der Waals surface area contributed by atoms with Crippen LogP contribution in [0.1, 0.15) is 29.6 Å². The van der Waals surface area contributed by atoms with Gasteiger partial charge in [0.15, 0.2) is 0 Å². The van der Waals surface area contributed by atoms with Crippen LogP contribution in [0.3, 0.4) is 0 Å². The van der Waals surface area contributed by atoms with Gasteiger partial charge < -0.3 is 20.5 Å². The maximum absolute atomic E-state index is 11.9. The molecular formula is C15H21BrN2O3. The van der Waals surface area contributed by atoms with Gasteiger partial charge in [-0.1, -0.05) is 15.9 Å². The van der Waals surface area contributed by atoms with Crippen LogP contribution >= 0.6 is 15.9 Å². The molecule has 6 heteroatoms. The van der Waals surface area contributed by atoms with Crippen LogP contribution in [0.4, 0.5) is 0 Å². The molecule has 3 N–H and O–H groups in total. The molecule has 1 aromatic rings. The average Bonchev–Trinajstić information content (AvgIpc) is 2.50. The van der Waals surface area contributed by atoms with Crippen LogP contribution < -0.4 is 10.6 Å². The summed E-state index contributed by atoms with van der Waals surface area (Å²) in [5, 5.41) is 15.8. The number of rotatable bonds is 6. The monoisotopic (exact) mass is 356 g/mol. The number of carbonyl (C=O) groups excluding carboxylic acids is 1. The van der Waals surface area contributed by atoms with Gasteiger partial charge in [0.1, 0.15) is 5.75 Å². The Labute approximate surface area is 133 Å². The fraction of sp³-hybridized carbons (Fsp3) is 0.533. The maximum atomic E-state index is 11.9. The van der Waals surface area contributed by atoms with Crippen LogP contribution in [0, 0.1) is 0 Å². The molecule has 0 aromatic heterocycles. The number of hydrogen-bond donors (Lipinski definition) is 3. The molecule has 116 valence electrons. The van der Waals surface area contributed by atoms with Crippen molar-refractivity contribution in [2.75, 3.05) is 26.2 Å². The Hall–Kier alpha value is -1.11. The third kappa shape index (κ3) is 5.30. The lowest BCUT2D eigenvalue weighted by molar-refractivity contribution is 0.0318. The molecule has 1 amide bonds. The first-order chi connectivity index (χ1) is 10.2. The molecule has 0 spiro atoms. The summed E-state index contributed by atoms with van der Waals surface area (Å²) in [5.41, 5.74) is 0.281. The van der Waals surface area contributed by atoms with E-state index < -0.39 is 0 Å². The second-order valence-electron chi connectivity index (χ2n) is 5.09. The van der Waals surface area contributed by atoms with Gasteiger partial charge in [0, 0.05) is 17.6 Å². The molecule has 2 rings (SSSR count). The van der Waals surface area contributed by atoms with Crippen molar-refractivity contribution in [1.29, 1.82) is 0 Å². The van der Waals surface area contributed by atoms with Gasteiger partial charge in [-0.15, -0.1) is 0 Å². The number of carbonyl (C=O) groups is 1. The summed E-state index contributed by atoms with van der Waals surface area (Å²) in [5.74, 6) is -0.280. The first kappa shape index (κ1) is 16.3. The first-order valence-corrected chi connectivity index (χ1v) is 8.05. The van der Waals surface area contributed by atoms with E-state index in [-0.39, 0.29) is 17.2 Å². The lowest BCUT2D eigenvalue weighted by Gasteiger charge is -2.22. The molecule has 1 aliphatic rings. The number of nitrogens with one attached hydrogen (secondary N) is 2. The lowest BCUT2D eigenvalue weighted by Crippen LogP contribution is -2.33. The van der Waals surface area contributed by atoms with E-state index in [2.05, 4.69) is 26.6 Å². The SMILES string of the molecule is O=C(NCCCOC1CCNCC1)c1cc(Br)ccc1O. The predicted octanol–water partition coefficient (Wildman–Crippen LogP) is 2.04. The van der Waals surface area contributed by atoms with E-state index in [9.17, 15) is 9.90 Å². The van der Waals surface area contributed by atoms with E-state index in [1.807, 2.05) is 0 Å². The van der Waals surface area contributed by atoms with Gasteiger partial charge in [0.25, 0.3) is 5.91 Å². The molecule has 21 heavy (non-hydrogen) atoms. The Bertz CT molecular complexity index is 476. The summed E-state index contributed by atoms with van der Waals surface area (Å²) in [6, 6.07) is 4.80. The van der Waals surface area contributed by atoms with Gasteiger partial charge in [-0.3, -0.25) is 4.79 Å². The van der Waals surface area contributed by atoms with E-state index >= 15 is 0 Å². The highest BCUT2D eigenvalue weighted by Crippen LogP contribution is 2.21. The maximum Gasteiger partial charge on any atom is 0.255 e. The molecule has 1 fully saturated rings. The minimum absolute atomic E-state index is 0.0124. The van der Waals surface area contributed by atoms with E-state index in [1.165, 1.54) is 6.07 Å². The Morgan fingerprint density at radius 1 is 1.43 bits per heavy atom. The van der Waals surface area contributed by atoms with Crippen molar-refractivity contribution in [3.63, 3.8) is 0 Å². The standard InChI is InChI=1S/C15H21BrN2O3/c16-11-2-3-14(19)13(10-11)15(20)18-6-1-9-21-12-4-7-17-8-5-12/h2-3,10,12,17,19H,1,4-9H2,(H,18,20). The zero-order valence-corrected chi connectivity index (χ0v) is 13.5.